The molecule has 0 atom stereocenters. The van der Waals surface area contributed by atoms with Crippen molar-refractivity contribution >= 4 is 12.1 Å². The number of benzene rings is 2. The minimum Gasteiger partial charge on any atom is -0.497 e. The maximum atomic E-state index is 12.5. The lowest BCUT2D eigenvalue weighted by Crippen LogP contribution is -2.17. The summed E-state index contributed by atoms with van der Waals surface area (Å²) in [6, 6.07) is 14.7. The Morgan fingerprint density at radius 3 is 2.30 bits per heavy atom. The van der Waals surface area contributed by atoms with E-state index in [0.29, 0.717) is 23.7 Å². The molecule has 1 aromatic heterocycles. The van der Waals surface area contributed by atoms with Gasteiger partial charge in [0.1, 0.15) is 17.2 Å². The molecule has 3 rings (SSSR count). The van der Waals surface area contributed by atoms with E-state index in [1.165, 1.54) is 12.4 Å². The van der Waals surface area contributed by atoms with Crippen LogP contribution in [-0.2, 0) is 0 Å². The largest absolute Gasteiger partial charge is 0.497 e. The molecule has 0 saturated heterocycles. The van der Waals surface area contributed by atoms with Gasteiger partial charge in [0.25, 0.3) is 5.91 Å². The van der Waals surface area contributed by atoms with Crippen LogP contribution < -0.4 is 19.6 Å². The lowest BCUT2D eigenvalue weighted by atomic mass is 10.1. The molecule has 0 saturated carbocycles. The fraction of sp³-hybridized carbons (Fsp3) is 0.174. The number of aromatic nitrogens is 1. The van der Waals surface area contributed by atoms with Crippen LogP contribution in [0.1, 0.15) is 22.8 Å². The number of nitrogens with zero attached hydrogens (tertiary/aromatic N) is 2. The zero-order valence-corrected chi connectivity index (χ0v) is 17.1. The van der Waals surface area contributed by atoms with Crippen LogP contribution in [0.25, 0.3) is 11.1 Å². The minimum absolute atomic E-state index is 0.360. The Bertz CT molecular complexity index is 1010. The van der Waals surface area contributed by atoms with Crippen molar-refractivity contribution in [1.82, 2.24) is 10.4 Å². The zero-order valence-electron chi connectivity index (χ0n) is 17.1. The van der Waals surface area contributed by atoms with Crippen LogP contribution in [0.3, 0.4) is 0 Å². The summed E-state index contributed by atoms with van der Waals surface area (Å²) in [7, 11) is 3.14. The van der Waals surface area contributed by atoms with Gasteiger partial charge in [-0.05, 0) is 42.8 Å². The normalized spacial score (nSPS) is 10.6. The third-order valence-corrected chi connectivity index (χ3v) is 4.25. The molecule has 1 heterocycles. The molecule has 1 amide bonds. The number of hydrazone groups is 1. The van der Waals surface area contributed by atoms with Gasteiger partial charge in [0, 0.05) is 29.6 Å². The monoisotopic (exact) mass is 405 g/mol. The molecule has 0 radical (unpaired) electrons. The topological polar surface area (TPSA) is 82.0 Å². The number of carbonyl (C=O) groups is 1. The van der Waals surface area contributed by atoms with E-state index in [1.54, 1.807) is 44.7 Å². The first kappa shape index (κ1) is 20.9. The number of ether oxygens (including phenoxy) is 3. The third-order valence-electron chi connectivity index (χ3n) is 4.25. The van der Waals surface area contributed by atoms with Crippen molar-refractivity contribution in [2.75, 3.05) is 20.8 Å². The van der Waals surface area contributed by atoms with E-state index < -0.39 is 0 Å². The Kier molecular flexibility index (Phi) is 7.00. The maximum Gasteiger partial charge on any atom is 0.272 e. The van der Waals surface area contributed by atoms with E-state index in [0.717, 1.165) is 22.4 Å². The number of hydrogen-bond acceptors (Lipinski definition) is 6. The first-order chi connectivity index (χ1) is 14.6. The molecule has 2 aromatic carbocycles. The highest BCUT2D eigenvalue weighted by molar-refractivity contribution is 5.95. The van der Waals surface area contributed by atoms with Crippen LogP contribution in [0.4, 0.5) is 0 Å². The Labute approximate surface area is 175 Å². The summed E-state index contributed by atoms with van der Waals surface area (Å²) in [5.41, 5.74) is 5.41. The lowest BCUT2D eigenvalue weighted by Gasteiger charge is -2.07. The highest BCUT2D eigenvalue weighted by atomic mass is 16.5. The second-order valence-corrected chi connectivity index (χ2v) is 6.26. The first-order valence-corrected chi connectivity index (χ1v) is 9.37. The van der Waals surface area contributed by atoms with Gasteiger partial charge in [-0.2, -0.15) is 5.10 Å². The molecule has 0 fully saturated rings. The Hall–Kier alpha value is -3.87. The molecule has 30 heavy (non-hydrogen) atoms. The van der Waals surface area contributed by atoms with Crippen LogP contribution in [0.5, 0.6) is 17.2 Å². The van der Waals surface area contributed by atoms with Crippen molar-refractivity contribution in [3.05, 3.63) is 72.1 Å². The van der Waals surface area contributed by atoms with Crippen molar-refractivity contribution in [2.45, 2.75) is 6.92 Å². The van der Waals surface area contributed by atoms with E-state index in [4.69, 9.17) is 14.2 Å². The molecule has 0 aliphatic carbocycles. The minimum atomic E-state index is -0.360. The number of methoxy groups -OCH3 is 2. The average Bonchev–Trinajstić information content (AvgIpc) is 2.79. The first-order valence-electron chi connectivity index (χ1n) is 9.37. The van der Waals surface area contributed by atoms with Gasteiger partial charge in [-0.3, -0.25) is 9.78 Å². The second-order valence-electron chi connectivity index (χ2n) is 6.26. The summed E-state index contributed by atoms with van der Waals surface area (Å²) in [6.07, 6.45) is 4.72. The standard InChI is InChI=1S/C23H23N3O4/c1-4-30-20-7-5-17(6-8-20)18-11-19(15-24-14-18)23(27)26-25-13-16-9-21(28-2)12-22(10-16)29-3/h5-15H,4H2,1-3H3,(H,26,27)/b25-13+. The molecule has 154 valence electrons. The maximum absolute atomic E-state index is 12.5. The van der Waals surface area contributed by atoms with Crippen LogP contribution in [0.15, 0.2) is 66.0 Å². The summed E-state index contributed by atoms with van der Waals surface area (Å²) < 4.78 is 15.9. The Morgan fingerprint density at radius 2 is 1.67 bits per heavy atom. The smallest absolute Gasteiger partial charge is 0.272 e. The molecule has 7 heteroatoms. The van der Waals surface area contributed by atoms with Gasteiger partial charge >= 0.3 is 0 Å². The predicted molar refractivity (Wildman–Crippen MR) is 115 cm³/mol. The molecule has 1 N–H and O–H groups in total. The Balaban J connectivity index is 1.70. The molecule has 0 unspecified atom stereocenters. The highest BCUT2D eigenvalue weighted by Crippen LogP contribution is 2.23. The van der Waals surface area contributed by atoms with E-state index in [-0.39, 0.29) is 5.91 Å². The van der Waals surface area contributed by atoms with E-state index in [2.05, 4.69) is 15.5 Å². The van der Waals surface area contributed by atoms with Crippen LogP contribution in [0.2, 0.25) is 0 Å². The van der Waals surface area contributed by atoms with E-state index in [1.807, 2.05) is 31.2 Å². The van der Waals surface area contributed by atoms with Crippen molar-refractivity contribution in [2.24, 2.45) is 5.10 Å². The molecule has 7 nitrogen and oxygen atoms in total. The van der Waals surface area contributed by atoms with E-state index in [9.17, 15) is 4.79 Å². The molecule has 0 spiro atoms. The highest BCUT2D eigenvalue weighted by Gasteiger charge is 2.08. The van der Waals surface area contributed by atoms with E-state index >= 15 is 0 Å². The van der Waals surface area contributed by atoms with Crippen molar-refractivity contribution in [3.63, 3.8) is 0 Å². The molecular weight excluding hydrogens is 382 g/mol. The number of amides is 1. The summed E-state index contributed by atoms with van der Waals surface area (Å²) in [4.78, 5) is 16.6. The zero-order chi connectivity index (χ0) is 21.3. The molecular formula is C23H23N3O4. The second kappa shape index (κ2) is 10.1. The fourth-order valence-electron chi connectivity index (χ4n) is 2.77. The van der Waals surface area contributed by atoms with Gasteiger partial charge in [-0.15, -0.1) is 0 Å². The van der Waals surface area contributed by atoms with Crippen LogP contribution in [-0.4, -0.2) is 37.9 Å². The number of hydrogen-bond donors (Lipinski definition) is 1. The summed E-state index contributed by atoms with van der Waals surface area (Å²) in [6.45, 7) is 2.55. The number of carbonyl (C=O) groups excluding carboxylic acids is 1. The predicted octanol–water partition coefficient (Wildman–Crippen LogP) is 3.93. The molecule has 0 bridgehead atoms. The SMILES string of the molecule is CCOc1ccc(-c2cncc(C(=O)N/N=C/c3cc(OC)cc(OC)c3)c2)cc1. The molecule has 3 aromatic rings. The summed E-state index contributed by atoms with van der Waals surface area (Å²) in [5, 5.41) is 4.02. The van der Waals surface area contributed by atoms with Crippen molar-refractivity contribution in [1.29, 1.82) is 0 Å². The van der Waals surface area contributed by atoms with Crippen LogP contribution in [0, 0.1) is 0 Å². The lowest BCUT2D eigenvalue weighted by molar-refractivity contribution is 0.0955. The number of rotatable bonds is 8. The molecule has 0 aliphatic rings. The van der Waals surface area contributed by atoms with Gasteiger partial charge < -0.3 is 14.2 Å². The summed E-state index contributed by atoms with van der Waals surface area (Å²) >= 11 is 0. The number of pyridine rings is 1. The van der Waals surface area contributed by atoms with Gasteiger partial charge in [0.05, 0.1) is 32.6 Å². The van der Waals surface area contributed by atoms with Crippen molar-refractivity contribution in [3.8, 4) is 28.4 Å². The number of nitrogens with one attached hydrogen (secondary N) is 1. The van der Waals surface area contributed by atoms with Gasteiger partial charge in [0.15, 0.2) is 0 Å². The van der Waals surface area contributed by atoms with Gasteiger partial charge in [0.2, 0.25) is 0 Å². The summed E-state index contributed by atoms with van der Waals surface area (Å²) in [5.74, 6) is 1.71. The fourth-order valence-corrected chi connectivity index (χ4v) is 2.77. The quantitative estimate of drug-likeness (QED) is 0.454. The van der Waals surface area contributed by atoms with Gasteiger partial charge in [-0.25, -0.2) is 5.43 Å². The average molecular weight is 405 g/mol. The van der Waals surface area contributed by atoms with Gasteiger partial charge in [-0.1, -0.05) is 12.1 Å². The third kappa shape index (κ3) is 5.35. The molecule has 0 aliphatic heterocycles. The Morgan fingerprint density at radius 1 is 0.967 bits per heavy atom. The van der Waals surface area contributed by atoms with Crippen molar-refractivity contribution < 1.29 is 19.0 Å². The van der Waals surface area contributed by atoms with Crippen LogP contribution >= 0.6 is 0 Å².